The van der Waals surface area contributed by atoms with Crippen LogP contribution >= 0.6 is 12.6 Å². The Morgan fingerprint density at radius 3 is 2.04 bits per heavy atom. The van der Waals surface area contributed by atoms with Crippen LogP contribution in [0.3, 0.4) is 0 Å². The number of nitrogens with one attached hydrogen (secondary N) is 3. The van der Waals surface area contributed by atoms with Crippen LogP contribution in [0, 0.1) is 5.92 Å². The maximum Gasteiger partial charge on any atom is 0.322 e. The number of primary amides is 1. The highest BCUT2D eigenvalue weighted by atomic mass is 32.1. The smallest absolute Gasteiger partial charge is 0.322 e. The third-order valence-corrected chi connectivity index (χ3v) is 3.63. The Labute approximate surface area is 156 Å². The molecule has 0 aromatic carbocycles. The van der Waals surface area contributed by atoms with Gasteiger partial charge in [0.25, 0.3) is 0 Å². The van der Waals surface area contributed by atoms with Crippen LogP contribution in [-0.2, 0) is 24.0 Å². The van der Waals surface area contributed by atoms with Gasteiger partial charge in [0.15, 0.2) is 0 Å². The second kappa shape index (κ2) is 11.3. The highest BCUT2D eigenvalue weighted by molar-refractivity contribution is 7.80. The number of hydrogen-bond acceptors (Lipinski definition) is 7. The molecule has 0 rings (SSSR count). The topological polar surface area (TPSA) is 194 Å². The quantitative estimate of drug-likeness (QED) is 0.182. The molecule has 0 heterocycles. The molecule has 12 heteroatoms. The van der Waals surface area contributed by atoms with Gasteiger partial charge in [0.05, 0.1) is 12.5 Å². The minimum Gasteiger partial charge on any atom is -0.480 e. The summed E-state index contributed by atoms with van der Waals surface area (Å²) >= 11 is 3.87. The van der Waals surface area contributed by atoms with E-state index in [4.69, 9.17) is 16.6 Å². The number of hydrogen-bond donors (Lipinski definition) is 7. The van der Waals surface area contributed by atoms with E-state index in [9.17, 15) is 24.0 Å². The normalized spacial score (nSPS) is 14.0. The molecule has 0 radical (unpaired) electrons. The van der Waals surface area contributed by atoms with Gasteiger partial charge in [-0.2, -0.15) is 12.6 Å². The van der Waals surface area contributed by atoms with Crippen LogP contribution in [0.1, 0.15) is 20.3 Å². The zero-order valence-corrected chi connectivity index (χ0v) is 15.4. The zero-order chi connectivity index (χ0) is 20.4. The van der Waals surface area contributed by atoms with E-state index in [0.29, 0.717) is 0 Å². The number of carboxylic acids is 1. The molecule has 0 spiro atoms. The average molecular weight is 391 g/mol. The molecule has 8 N–H and O–H groups in total. The molecule has 0 bridgehead atoms. The lowest BCUT2D eigenvalue weighted by Crippen LogP contribution is -2.58. The van der Waals surface area contributed by atoms with Crippen LogP contribution in [0.2, 0.25) is 0 Å². The van der Waals surface area contributed by atoms with Gasteiger partial charge >= 0.3 is 5.97 Å². The molecule has 0 aliphatic heterocycles. The predicted octanol–water partition coefficient (Wildman–Crippen LogP) is -3.05. The zero-order valence-electron chi connectivity index (χ0n) is 14.5. The van der Waals surface area contributed by atoms with Gasteiger partial charge < -0.3 is 32.5 Å². The summed E-state index contributed by atoms with van der Waals surface area (Å²) in [6.45, 7) is 2.64. The maximum absolute atomic E-state index is 12.4. The molecule has 0 aliphatic rings. The minimum absolute atomic E-state index is 0.0168. The summed E-state index contributed by atoms with van der Waals surface area (Å²) in [7, 11) is 0. The van der Waals surface area contributed by atoms with E-state index in [2.05, 4.69) is 28.6 Å². The van der Waals surface area contributed by atoms with Gasteiger partial charge in [-0.3, -0.25) is 24.0 Å². The van der Waals surface area contributed by atoms with E-state index in [1.807, 2.05) is 0 Å². The maximum atomic E-state index is 12.4. The highest BCUT2D eigenvalue weighted by Gasteiger charge is 2.30. The Balaban J connectivity index is 5.15. The van der Waals surface area contributed by atoms with Crippen LogP contribution in [0.25, 0.3) is 0 Å². The standard InChI is InChI=1S/C14H25N5O6S/c1-6(2)11(14(25)17-4-10(21)22)19-13(24)8(3-9(16)20)18-12(23)7(15)5-26/h6-8,11,26H,3-5,15H2,1-2H3,(H2,16,20)(H,17,25)(H,18,23)(H,19,24)(H,21,22). The van der Waals surface area contributed by atoms with Crippen molar-refractivity contribution in [2.45, 2.75) is 38.4 Å². The first-order chi connectivity index (χ1) is 12.0. The largest absolute Gasteiger partial charge is 0.480 e. The summed E-state index contributed by atoms with van der Waals surface area (Å²) in [5.74, 6) is -4.72. The second-order valence-corrected chi connectivity index (χ2v) is 6.23. The van der Waals surface area contributed by atoms with Crippen molar-refractivity contribution in [1.82, 2.24) is 16.0 Å². The van der Waals surface area contributed by atoms with E-state index >= 15 is 0 Å². The molecule has 0 aromatic heterocycles. The van der Waals surface area contributed by atoms with Crippen molar-refractivity contribution in [3.8, 4) is 0 Å². The molecule has 0 aliphatic carbocycles. The molecule has 0 saturated carbocycles. The number of aliphatic carboxylic acids is 1. The number of amides is 4. The average Bonchev–Trinajstić information content (AvgIpc) is 2.54. The molecule has 11 nitrogen and oxygen atoms in total. The van der Waals surface area contributed by atoms with Gasteiger partial charge in [-0.15, -0.1) is 0 Å². The van der Waals surface area contributed by atoms with Crippen molar-refractivity contribution in [2.75, 3.05) is 12.3 Å². The molecule has 0 aromatic rings. The summed E-state index contributed by atoms with van der Waals surface area (Å²) in [6.07, 6.45) is -0.502. The SMILES string of the molecule is CC(C)C(NC(=O)C(CC(N)=O)NC(=O)C(N)CS)C(=O)NCC(=O)O. The Hall–Kier alpha value is -2.34. The summed E-state index contributed by atoms with van der Waals surface area (Å²) in [5, 5.41) is 15.4. The molecule has 0 saturated heterocycles. The molecule has 148 valence electrons. The second-order valence-electron chi connectivity index (χ2n) is 5.86. The van der Waals surface area contributed by atoms with Crippen molar-refractivity contribution in [2.24, 2.45) is 17.4 Å². The molecular formula is C14H25N5O6S. The van der Waals surface area contributed by atoms with Crippen LogP contribution in [0.5, 0.6) is 0 Å². The monoisotopic (exact) mass is 391 g/mol. The lowest BCUT2D eigenvalue weighted by molar-refractivity contribution is -0.139. The highest BCUT2D eigenvalue weighted by Crippen LogP contribution is 2.04. The van der Waals surface area contributed by atoms with Crippen molar-refractivity contribution in [3.05, 3.63) is 0 Å². The molecule has 0 fully saturated rings. The Morgan fingerprint density at radius 2 is 1.62 bits per heavy atom. The summed E-state index contributed by atoms with van der Waals surface area (Å²) in [6, 6.07) is -3.41. The van der Waals surface area contributed by atoms with Gasteiger partial charge in [-0.1, -0.05) is 13.8 Å². The van der Waals surface area contributed by atoms with Gasteiger partial charge in [-0.25, -0.2) is 0 Å². The first-order valence-electron chi connectivity index (χ1n) is 7.74. The van der Waals surface area contributed by atoms with Crippen LogP contribution in [-0.4, -0.2) is 65.1 Å². The predicted molar refractivity (Wildman–Crippen MR) is 95.0 cm³/mol. The number of carbonyl (C=O) groups is 5. The van der Waals surface area contributed by atoms with Gasteiger partial charge in [-0.05, 0) is 5.92 Å². The van der Waals surface area contributed by atoms with Crippen LogP contribution in [0.4, 0.5) is 0 Å². The third kappa shape index (κ3) is 8.67. The first-order valence-corrected chi connectivity index (χ1v) is 8.37. The van der Waals surface area contributed by atoms with Crippen LogP contribution in [0.15, 0.2) is 0 Å². The summed E-state index contributed by atoms with van der Waals surface area (Å²) in [4.78, 5) is 58.0. The fourth-order valence-corrected chi connectivity index (χ4v) is 2.00. The Kier molecular flexibility index (Phi) is 10.3. The Bertz CT molecular complexity index is 556. The number of carbonyl (C=O) groups excluding carboxylic acids is 4. The van der Waals surface area contributed by atoms with E-state index in [1.165, 1.54) is 0 Å². The molecule has 26 heavy (non-hydrogen) atoms. The number of rotatable bonds is 11. The number of thiol groups is 1. The van der Waals surface area contributed by atoms with Gasteiger partial charge in [0.1, 0.15) is 18.6 Å². The van der Waals surface area contributed by atoms with Crippen molar-refractivity contribution in [1.29, 1.82) is 0 Å². The van der Waals surface area contributed by atoms with E-state index in [0.717, 1.165) is 0 Å². The van der Waals surface area contributed by atoms with Crippen molar-refractivity contribution >= 4 is 42.2 Å². The van der Waals surface area contributed by atoms with Crippen molar-refractivity contribution in [3.63, 3.8) is 0 Å². The first kappa shape index (κ1) is 23.7. The third-order valence-electron chi connectivity index (χ3n) is 3.23. The van der Waals surface area contributed by atoms with Gasteiger partial charge in [0, 0.05) is 5.75 Å². The van der Waals surface area contributed by atoms with Crippen molar-refractivity contribution < 1.29 is 29.1 Å². The Morgan fingerprint density at radius 1 is 1.04 bits per heavy atom. The lowest BCUT2D eigenvalue weighted by Gasteiger charge is -2.25. The summed E-state index contributed by atoms with van der Waals surface area (Å²) in [5.41, 5.74) is 10.6. The van der Waals surface area contributed by atoms with E-state index < -0.39 is 66.6 Å². The van der Waals surface area contributed by atoms with Gasteiger partial charge in [0.2, 0.25) is 23.6 Å². The lowest BCUT2D eigenvalue weighted by atomic mass is 10.0. The summed E-state index contributed by atoms with van der Waals surface area (Å²) < 4.78 is 0. The number of nitrogens with two attached hydrogens (primary N) is 2. The molecule has 4 amide bonds. The van der Waals surface area contributed by atoms with Crippen LogP contribution < -0.4 is 27.4 Å². The molecule has 3 atom stereocenters. The fourth-order valence-electron chi connectivity index (χ4n) is 1.83. The van der Waals surface area contributed by atoms with E-state index in [1.54, 1.807) is 13.8 Å². The van der Waals surface area contributed by atoms with E-state index in [-0.39, 0.29) is 5.75 Å². The molecular weight excluding hydrogens is 366 g/mol. The molecule has 3 unspecified atom stereocenters. The number of carboxylic acid groups (broad SMARTS) is 1. The fraction of sp³-hybridized carbons (Fsp3) is 0.643. The minimum atomic E-state index is -1.33.